The van der Waals surface area contributed by atoms with Crippen LogP contribution in [0.15, 0.2) is 48.0 Å². The number of nitrogens with one attached hydrogen (secondary N) is 1. The Morgan fingerprint density at radius 1 is 1.13 bits per heavy atom. The van der Waals surface area contributed by atoms with Crippen LogP contribution in [0.4, 0.5) is 16.2 Å². The Kier molecular flexibility index (Phi) is 5.59. The Morgan fingerprint density at radius 3 is 2.73 bits per heavy atom. The number of aryl methyl sites for hydroxylation is 1. The smallest absolute Gasteiger partial charge is 0.335 e. The van der Waals surface area contributed by atoms with E-state index in [4.69, 9.17) is 11.6 Å². The molecule has 2 aliphatic rings. The van der Waals surface area contributed by atoms with Crippen molar-refractivity contribution >= 4 is 46.9 Å². The summed E-state index contributed by atoms with van der Waals surface area (Å²) in [5, 5.41) is 2.27. The number of imide groups is 2. The number of anilines is 2. The summed E-state index contributed by atoms with van der Waals surface area (Å²) in [4.78, 5) is 41.1. The minimum absolute atomic E-state index is 0.0620. The minimum Gasteiger partial charge on any atom is -0.371 e. The van der Waals surface area contributed by atoms with Gasteiger partial charge >= 0.3 is 6.03 Å². The highest BCUT2D eigenvalue weighted by molar-refractivity contribution is 6.39. The number of urea groups is 1. The molecule has 4 amide bonds. The zero-order valence-corrected chi connectivity index (χ0v) is 17.4. The summed E-state index contributed by atoms with van der Waals surface area (Å²) < 4.78 is 0. The van der Waals surface area contributed by atoms with Crippen LogP contribution in [0.5, 0.6) is 0 Å². The molecule has 2 aromatic carbocycles. The van der Waals surface area contributed by atoms with Crippen molar-refractivity contribution in [2.45, 2.75) is 19.8 Å². The minimum atomic E-state index is -0.739. The first-order valence-corrected chi connectivity index (χ1v) is 10.4. The van der Waals surface area contributed by atoms with E-state index in [9.17, 15) is 14.4 Å². The van der Waals surface area contributed by atoms with Gasteiger partial charge in [-0.25, -0.2) is 9.69 Å². The monoisotopic (exact) mass is 423 g/mol. The molecule has 7 heteroatoms. The van der Waals surface area contributed by atoms with Gasteiger partial charge in [-0.05, 0) is 66.8 Å². The number of hydrogen-bond acceptors (Lipinski definition) is 4. The molecule has 1 N–H and O–H groups in total. The Bertz CT molecular complexity index is 1060. The first-order chi connectivity index (χ1) is 14.5. The standard InChI is InChI=1S/C23H22ClN3O3/c1-15-4-2-5-18(12-15)27-22(29)19(21(28)25-23(27)30)14-16-6-7-20-17(13-16)8-11-26(20)10-3-9-24/h2,4-7,12-14H,3,8-11H2,1H3,(H,25,28,30). The van der Waals surface area contributed by atoms with E-state index in [0.29, 0.717) is 11.6 Å². The molecule has 6 nitrogen and oxygen atoms in total. The van der Waals surface area contributed by atoms with Crippen LogP contribution in [0, 0.1) is 6.92 Å². The second-order valence-corrected chi connectivity index (χ2v) is 7.84. The molecule has 4 rings (SSSR count). The molecule has 2 aliphatic heterocycles. The molecule has 0 radical (unpaired) electrons. The summed E-state index contributed by atoms with van der Waals surface area (Å²) in [5.41, 5.74) is 4.37. The highest BCUT2D eigenvalue weighted by atomic mass is 35.5. The Balaban J connectivity index is 1.63. The van der Waals surface area contributed by atoms with Crippen LogP contribution in [-0.4, -0.2) is 36.8 Å². The number of rotatable bonds is 5. The third-order valence-electron chi connectivity index (χ3n) is 5.33. The van der Waals surface area contributed by atoms with Crippen molar-refractivity contribution in [3.63, 3.8) is 0 Å². The van der Waals surface area contributed by atoms with Gasteiger partial charge < -0.3 is 4.90 Å². The van der Waals surface area contributed by atoms with Crippen LogP contribution in [0.25, 0.3) is 6.08 Å². The average Bonchev–Trinajstić information content (AvgIpc) is 3.11. The average molecular weight is 424 g/mol. The Labute approximate surface area is 180 Å². The van der Waals surface area contributed by atoms with Crippen LogP contribution in [0.2, 0.25) is 0 Å². The maximum atomic E-state index is 13.0. The largest absolute Gasteiger partial charge is 0.371 e. The molecule has 1 saturated heterocycles. The van der Waals surface area contributed by atoms with Crippen LogP contribution >= 0.6 is 11.6 Å². The zero-order chi connectivity index (χ0) is 21.3. The summed E-state index contributed by atoms with van der Waals surface area (Å²) >= 11 is 5.81. The summed E-state index contributed by atoms with van der Waals surface area (Å²) in [5.74, 6) is -0.680. The van der Waals surface area contributed by atoms with Crippen molar-refractivity contribution < 1.29 is 14.4 Å². The molecule has 2 aromatic rings. The number of carbonyl (C=O) groups excluding carboxylic acids is 3. The fraction of sp³-hybridized carbons (Fsp3) is 0.261. The number of hydrogen-bond donors (Lipinski definition) is 1. The zero-order valence-electron chi connectivity index (χ0n) is 16.7. The molecule has 0 unspecified atom stereocenters. The number of alkyl halides is 1. The molecular formula is C23H22ClN3O3. The highest BCUT2D eigenvalue weighted by Crippen LogP contribution is 2.30. The summed E-state index contributed by atoms with van der Waals surface area (Å²) in [6.45, 7) is 3.71. The van der Waals surface area contributed by atoms with Gasteiger partial charge in [-0.1, -0.05) is 18.2 Å². The lowest BCUT2D eigenvalue weighted by molar-refractivity contribution is -0.122. The number of halogens is 1. The van der Waals surface area contributed by atoms with Gasteiger partial charge in [0.05, 0.1) is 5.69 Å². The molecule has 0 aliphatic carbocycles. The fourth-order valence-corrected chi connectivity index (χ4v) is 4.01. The second kappa shape index (κ2) is 8.32. The van der Waals surface area contributed by atoms with Gasteiger partial charge in [0, 0.05) is 24.7 Å². The summed E-state index contributed by atoms with van der Waals surface area (Å²) in [7, 11) is 0. The van der Waals surface area contributed by atoms with Crippen molar-refractivity contribution in [1.29, 1.82) is 0 Å². The second-order valence-electron chi connectivity index (χ2n) is 7.46. The third kappa shape index (κ3) is 3.83. The van der Waals surface area contributed by atoms with Crippen molar-refractivity contribution in [2.75, 3.05) is 28.8 Å². The van der Waals surface area contributed by atoms with E-state index in [0.717, 1.165) is 42.0 Å². The third-order valence-corrected chi connectivity index (χ3v) is 5.60. The molecule has 30 heavy (non-hydrogen) atoms. The van der Waals surface area contributed by atoms with E-state index in [2.05, 4.69) is 10.2 Å². The fourth-order valence-electron chi connectivity index (χ4n) is 3.89. The van der Waals surface area contributed by atoms with Crippen molar-refractivity contribution in [1.82, 2.24) is 5.32 Å². The van der Waals surface area contributed by atoms with Gasteiger partial charge in [-0.2, -0.15) is 0 Å². The van der Waals surface area contributed by atoms with Crippen molar-refractivity contribution in [3.05, 3.63) is 64.7 Å². The number of amides is 4. The molecular weight excluding hydrogens is 402 g/mol. The number of carbonyl (C=O) groups is 3. The lowest BCUT2D eigenvalue weighted by Crippen LogP contribution is -2.54. The van der Waals surface area contributed by atoms with Gasteiger partial charge in [0.25, 0.3) is 11.8 Å². The Hall–Kier alpha value is -3.12. The molecule has 1 fully saturated rings. The lowest BCUT2D eigenvalue weighted by Gasteiger charge is -2.26. The van der Waals surface area contributed by atoms with E-state index in [1.807, 2.05) is 31.2 Å². The molecule has 0 saturated carbocycles. The molecule has 0 bridgehead atoms. The SMILES string of the molecule is Cc1cccc(N2C(=O)NC(=O)C(=Cc3ccc4c(c3)CCN4CCCCl)C2=O)c1. The maximum absolute atomic E-state index is 13.0. The van der Waals surface area contributed by atoms with Crippen LogP contribution in [-0.2, 0) is 16.0 Å². The normalized spacial score (nSPS) is 17.5. The number of nitrogens with zero attached hydrogens (tertiary/aromatic N) is 2. The van der Waals surface area contributed by atoms with Crippen molar-refractivity contribution in [3.8, 4) is 0 Å². The van der Waals surface area contributed by atoms with E-state index < -0.39 is 17.8 Å². The predicted octanol–water partition coefficient (Wildman–Crippen LogP) is 3.65. The van der Waals surface area contributed by atoms with E-state index >= 15 is 0 Å². The summed E-state index contributed by atoms with van der Waals surface area (Å²) in [6.07, 6.45) is 3.38. The van der Waals surface area contributed by atoms with Crippen LogP contribution < -0.4 is 15.1 Å². The van der Waals surface area contributed by atoms with Crippen LogP contribution in [0.3, 0.4) is 0 Å². The first kappa shape index (κ1) is 20.2. The molecule has 0 aromatic heterocycles. The predicted molar refractivity (Wildman–Crippen MR) is 118 cm³/mol. The molecule has 2 heterocycles. The van der Waals surface area contributed by atoms with E-state index in [1.165, 1.54) is 11.3 Å². The number of benzene rings is 2. The number of barbiturate groups is 1. The number of fused-ring (bicyclic) bond motifs is 1. The van der Waals surface area contributed by atoms with Gasteiger partial charge in [-0.15, -0.1) is 11.6 Å². The van der Waals surface area contributed by atoms with Crippen LogP contribution in [0.1, 0.15) is 23.1 Å². The topological polar surface area (TPSA) is 69.7 Å². The quantitative estimate of drug-likeness (QED) is 0.452. The molecule has 0 spiro atoms. The summed E-state index contributed by atoms with van der Waals surface area (Å²) in [6, 6.07) is 12.2. The van der Waals surface area contributed by atoms with E-state index in [1.54, 1.807) is 24.3 Å². The van der Waals surface area contributed by atoms with Gasteiger partial charge in [0.2, 0.25) is 0 Å². The Morgan fingerprint density at radius 2 is 1.97 bits per heavy atom. The van der Waals surface area contributed by atoms with Gasteiger partial charge in [-0.3, -0.25) is 14.9 Å². The molecule has 0 atom stereocenters. The maximum Gasteiger partial charge on any atom is 0.335 e. The van der Waals surface area contributed by atoms with Gasteiger partial charge in [0.1, 0.15) is 5.57 Å². The van der Waals surface area contributed by atoms with E-state index in [-0.39, 0.29) is 5.57 Å². The lowest BCUT2D eigenvalue weighted by atomic mass is 10.0. The highest BCUT2D eigenvalue weighted by Gasteiger charge is 2.36. The molecule has 154 valence electrons. The van der Waals surface area contributed by atoms with Gasteiger partial charge in [0.15, 0.2) is 0 Å². The first-order valence-electron chi connectivity index (χ1n) is 9.90. The van der Waals surface area contributed by atoms with Crippen molar-refractivity contribution in [2.24, 2.45) is 0 Å².